The molecule has 0 amide bonds. The quantitative estimate of drug-likeness (QED) is 0.247. The summed E-state index contributed by atoms with van der Waals surface area (Å²) in [5, 5.41) is 3.30. The van der Waals surface area contributed by atoms with Gasteiger partial charge in [-0.1, -0.05) is 24.3 Å². The van der Waals surface area contributed by atoms with Crippen LogP contribution in [0.25, 0.3) is 11.4 Å². The molecule has 3 aromatic heterocycles. The number of nitrogen functional groups attached to an aromatic ring is 1. The fourth-order valence-electron chi connectivity index (χ4n) is 4.13. The lowest BCUT2D eigenvalue weighted by Gasteiger charge is -2.24. The summed E-state index contributed by atoms with van der Waals surface area (Å²) in [5.41, 5.74) is 9.41. The molecule has 0 bridgehead atoms. The largest absolute Gasteiger partial charge is 0.497 e. The van der Waals surface area contributed by atoms with Gasteiger partial charge in [0.1, 0.15) is 29.0 Å². The molecule has 0 saturated heterocycles. The maximum Gasteiger partial charge on any atom is 0.229 e. The first-order valence-corrected chi connectivity index (χ1v) is 12.7. The average molecular weight is 535 g/mol. The maximum atomic E-state index is 5.74. The Hall–Kier alpha value is -5.25. The fraction of sp³-hybridized carbons (Fsp3) is 0.167. The normalized spacial score (nSPS) is 10.7. The van der Waals surface area contributed by atoms with Crippen LogP contribution in [0.5, 0.6) is 11.5 Å². The van der Waals surface area contributed by atoms with Crippen molar-refractivity contribution < 1.29 is 9.47 Å². The van der Waals surface area contributed by atoms with Crippen molar-refractivity contribution in [3.05, 3.63) is 102 Å². The Morgan fingerprint density at radius 3 is 2.00 bits per heavy atom. The van der Waals surface area contributed by atoms with E-state index in [1.54, 1.807) is 32.7 Å². The van der Waals surface area contributed by atoms with Gasteiger partial charge in [0.15, 0.2) is 5.82 Å². The number of anilines is 4. The van der Waals surface area contributed by atoms with Crippen LogP contribution in [0.2, 0.25) is 0 Å². The van der Waals surface area contributed by atoms with Crippen LogP contribution in [0.3, 0.4) is 0 Å². The van der Waals surface area contributed by atoms with Crippen molar-refractivity contribution in [2.45, 2.75) is 20.0 Å². The van der Waals surface area contributed by atoms with E-state index in [1.165, 1.54) is 0 Å². The minimum atomic E-state index is 0.443. The highest BCUT2D eigenvalue weighted by Crippen LogP contribution is 2.28. The summed E-state index contributed by atoms with van der Waals surface area (Å²) >= 11 is 0. The van der Waals surface area contributed by atoms with Gasteiger partial charge in [0.2, 0.25) is 5.95 Å². The molecule has 3 heterocycles. The molecule has 0 radical (unpaired) electrons. The second kappa shape index (κ2) is 12.1. The number of pyridine rings is 2. The van der Waals surface area contributed by atoms with Gasteiger partial charge in [-0.3, -0.25) is 0 Å². The number of methoxy groups -OCH3 is 2. The number of nitrogens with one attached hydrogen (secondary N) is 1. The maximum absolute atomic E-state index is 5.74. The number of aromatic nitrogens is 5. The summed E-state index contributed by atoms with van der Waals surface area (Å²) in [7, 11) is 3.32. The van der Waals surface area contributed by atoms with Crippen LogP contribution in [0.4, 0.5) is 23.3 Å². The minimum Gasteiger partial charge on any atom is -0.497 e. The standard InChI is InChI=1S/C30H30N8O2/c1-20-34-29(26-5-4-16-32-28(26)36-23-10-15-27(31)33-17-23)37-30(35-20)38(18-21-6-11-24(39-2)12-7-21)19-22-8-13-25(40-3)14-9-22/h4-17H,18-19H2,1-3H3,(H2,31,33)(H,32,36). The van der Waals surface area contributed by atoms with E-state index in [0.29, 0.717) is 42.3 Å². The molecule has 0 atom stereocenters. The Balaban J connectivity index is 1.51. The van der Waals surface area contributed by atoms with Crippen molar-refractivity contribution in [1.82, 2.24) is 24.9 Å². The van der Waals surface area contributed by atoms with E-state index in [4.69, 9.17) is 25.2 Å². The molecule has 0 saturated carbocycles. The molecule has 3 N–H and O–H groups in total. The van der Waals surface area contributed by atoms with E-state index in [1.807, 2.05) is 73.7 Å². The Kier molecular flexibility index (Phi) is 7.96. The van der Waals surface area contributed by atoms with E-state index in [2.05, 4.69) is 25.2 Å². The van der Waals surface area contributed by atoms with Crippen LogP contribution in [0.1, 0.15) is 17.0 Å². The first-order valence-electron chi connectivity index (χ1n) is 12.7. The third-order valence-corrected chi connectivity index (χ3v) is 6.18. The number of ether oxygens (including phenoxy) is 2. The lowest BCUT2D eigenvalue weighted by atomic mass is 10.1. The molecule has 5 rings (SSSR count). The number of nitrogens with two attached hydrogens (primary N) is 1. The van der Waals surface area contributed by atoms with Gasteiger partial charge in [0.25, 0.3) is 0 Å². The number of aryl methyl sites for hydroxylation is 1. The molecule has 40 heavy (non-hydrogen) atoms. The van der Waals surface area contributed by atoms with Gasteiger partial charge in [-0.2, -0.15) is 9.97 Å². The zero-order chi connectivity index (χ0) is 27.9. The third-order valence-electron chi connectivity index (χ3n) is 6.18. The summed E-state index contributed by atoms with van der Waals surface area (Å²) < 4.78 is 10.7. The molecular formula is C30H30N8O2. The second-order valence-electron chi connectivity index (χ2n) is 9.05. The molecule has 0 unspecified atom stereocenters. The summed E-state index contributed by atoms with van der Waals surface area (Å²) in [6, 6.07) is 23.3. The summed E-state index contributed by atoms with van der Waals surface area (Å²) in [5.74, 6) is 4.31. The van der Waals surface area contributed by atoms with Crippen molar-refractivity contribution in [3.63, 3.8) is 0 Å². The van der Waals surface area contributed by atoms with Gasteiger partial charge in [-0.15, -0.1) is 0 Å². The van der Waals surface area contributed by atoms with Gasteiger partial charge in [-0.05, 0) is 66.6 Å². The Morgan fingerprint density at radius 1 is 0.775 bits per heavy atom. The molecule has 202 valence electrons. The molecule has 10 nitrogen and oxygen atoms in total. The monoisotopic (exact) mass is 534 g/mol. The van der Waals surface area contributed by atoms with E-state index >= 15 is 0 Å². The lowest BCUT2D eigenvalue weighted by Crippen LogP contribution is -2.25. The molecule has 0 aliphatic carbocycles. The third kappa shape index (κ3) is 6.41. The minimum absolute atomic E-state index is 0.443. The molecule has 0 aliphatic heterocycles. The topological polar surface area (TPSA) is 124 Å². The Morgan fingerprint density at radius 2 is 1.43 bits per heavy atom. The van der Waals surface area contributed by atoms with Gasteiger partial charge in [0.05, 0.1) is 31.7 Å². The van der Waals surface area contributed by atoms with Crippen LogP contribution in [-0.4, -0.2) is 39.1 Å². The number of benzene rings is 2. The number of hydrogen-bond acceptors (Lipinski definition) is 10. The lowest BCUT2D eigenvalue weighted by molar-refractivity contribution is 0.414. The molecule has 5 aromatic rings. The number of nitrogens with zero attached hydrogens (tertiary/aromatic N) is 6. The van der Waals surface area contributed by atoms with Crippen molar-refractivity contribution in [1.29, 1.82) is 0 Å². The molecule has 0 fully saturated rings. The second-order valence-corrected chi connectivity index (χ2v) is 9.05. The Bertz CT molecular complexity index is 1510. The molecular weight excluding hydrogens is 504 g/mol. The average Bonchev–Trinajstić information content (AvgIpc) is 2.98. The fourth-order valence-corrected chi connectivity index (χ4v) is 4.13. The SMILES string of the molecule is COc1ccc(CN(Cc2ccc(OC)cc2)c2nc(C)nc(-c3cccnc3Nc3ccc(N)nc3)n2)cc1. The van der Waals surface area contributed by atoms with Crippen molar-refractivity contribution >= 4 is 23.3 Å². The zero-order valence-corrected chi connectivity index (χ0v) is 22.6. The van der Waals surface area contributed by atoms with Crippen LogP contribution in [-0.2, 0) is 13.1 Å². The summed E-state index contributed by atoms with van der Waals surface area (Å²) in [4.78, 5) is 25.1. The Labute approximate surface area is 232 Å². The van der Waals surface area contributed by atoms with Gasteiger partial charge in [0, 0.05) is 19.3 Å². The van der Waals surface area contributed by atoms with E-state index < -0.39 is 0 Å². The van der Waals surface area contributed by atoms with E-state index in [-0.39, 0.29) is 0 Å². The van der Waals surface area contributed by atoms with Crippen LogP contribution in [0.15, 0.2) is 85.2 Å². The van der Waals surface area contributed by atoms with Crippen LogP contribution >= 0.6 is 0 Å². The smallest absolute Gasteiger partial charge is 0.229 e. The first-order chi connectivity index (χ1) is 19.5. The van der Waals surface area contributed by atoms with Gasteiger partial charge in [-0.25, -0.2) is 15.0 Å². The van der Waals surface area contributed by atoms with Crippen LogP contribution in [0, 0.1) is 6.92 Å². The molecule has 10 heteroatoms. The summed E-state index contributed by atoms with van der Waals surface area (Å²) in [6.07, 6.45) is 3.37. The highest BCUT2D eigenvalue weighted by Gasteiger charge is 2.17. The van der Waals surface area contributed by atoms with Crippen molar-refractivity contribution in [2.24, 2.45) is 0 Å². The molecule has 0 spiro atoms. The van der Waals surface area contributed by atoms with Crippen molar-refractivity contribution in [2.75, 3.05) is 30.2 Å². The summed E-state index contributed by atoms with van der Waals surface area (Å²) in [6.45, 7) is 3.02. The molecule has 2 aromatic carbocycles. The molecule has 0 aliphatic rings. The van der Waals surface area contributed by atoms with E-state index in [0.717, 1.165) is 33.9 Å². The highest BCUT2D eigenvalue weighted by atomic mass is 16.5. The zero-order valence-electron chi connectivity index (χ0n) is 22.6. The van der Waals surface area contributed by atoms with Gasteiger partial charge < -0.3 is 25.4 Å². The number of hydrogen-bond donors (Lipinski definition) is 2. The van der Waals surface area contributed by atoms with Gasteiger partial charge >= 0.3 is 0 Å². The predicted octanol–water partition coefficient (Wildman–Crippen LogP) is 5.19. The predicted molar refractivity (Wildman–Crippen MR) is 156 cm³/mol. The van der Waals surface area contributed by atoms with Crippen LogP contribution < -0.4 is 25.4 Å². The van der Waals surface area contributed by atoms with Crippen molar-refractivity contribution in [3.8, 4) is 22.9 Å². The highest BCUT2D eigenvalue weighted by molar-refractivity contribution is 5.74. The number of rotatable bonds is 10. The van der Waals surface area contributed by atoms with E-state index in [9.17, 15) is 0 Å². The first kappa shape index (κ1) is 26.4.